The number of nitrogens with one attached hydrogen (secondary N) is 2. The molecule has 0 amide bonds. The smallest absolute Gasteiger partial charge is 0.408 e. The van der Waals surface area contributed by atoms with E-state index in [1.807, 2.05) is 6.07 Å². The molecule has 1 atom stereocenters. The van der Waals surface area contributed by atoms with E-state index < -0.39 is 5.76 Å². The van der Waals surface area contributed by atoms with Crippen molar-refractivity contribution < 1.29 is 4.42 Å². The quantitative estimate of drug-likeness (QED) is 0.738. The van der Waals surface area contributed by atoms with Crippen LogP contribution in [0.2, 0.25) is 0 Å². The number of fused-ring (bicyclic) bond motifs is 1. The van der Waals surface area contributed by atoms with Crippen molar-refractivity contribution in [1.29, 1.82) is 0 Å². The molecular weight excluding hydrogens is 256 g/mol. The van der Waals surface area contributed by atoms with Gasteiger partial charge in [0.1, 0.15) is 0 Å². The fraction of sp³-hybridized carbons (Fsp3) is 0.500. The van der Waals surface area contributed by atoms with Gasteiger partial charge >= 0.3 is 5.76 Å². The van der Waals surface area contributed by atoms with Gasteiger partial charge in [-0.05, 0) is 32.0 Å². The van der Waals surface area contributed by atoms with E-state index in [0.29, 0.717) is 22.8 Å². The lowest BCUT2D eigenvalue weighted by molar-refractivity contribution is 0.277. The van der Waals surface area contributed by atoms with E-state index in [2.05, 4.69) is 22.1 Å². The van der Waals surface area contributed by atoms with E-state index in [4.69, 9.17) is 10.2 Å². The zero-order chi connectivity index (χ0) is 14.1. The Morgan fingerprint density at radius 2 is 2.40 bits per heavy atom. The van der Waals surface area contributed by atoms with Gasteiger partial charge in [-0.3, -0.25) is 9.88 Å². The molecular formula is C14H20N4O2. The number of nitrogen functional groups attached to an aromatic ring is 1. The van der Waals surface area contributed by atoms with Gasteiger partial charge in [0.2, 0.25) is 0 Å². The number of hydrogen-bond donors (Lipinski definition) is 3. The summed E-state index contributed by atoms with van der Waals surface area (Å²) in [6, 6.07) is 4.07. The second-order valence-corrected chi connectivity index (χ2v) is 5.26. The number of aromatic nitrogens is 1. The predicted octanol–water partition coefficient (Wildman–Crippen LogP) is 1.60. The highest BCUT2D eigenvalue weighted by Gasteiger charge is 2.22. The van der Waals surface area contributed by atoms with Crippen molar-refractivity contribution in [3.63, 3.8) is 0 Å². The van der Waals surface area contributed by atoms with Crippen molar-refractivity contribution in [1.82, 2.24) is 9.88 Å². The molecule has 0 spiro atoms. The largest absolute Gasteiger partial charge is 0.417 e. The molecule has 2 heterocycles. The molecule has 2 aromatic rings. The molecule has 0 radical (unpaired) electrons. The van der Waals surface area contributed by atoms with E-state index in [1.54, 1.807) is 6.07 Å². The third kappa shape index (κ3) is 2.38. The number of nitrogens with two attached hydrogens (primary N) is 1. The highest BCUT2D eigenvalue weighted by Crippen LogP contribution is 2.25. The predicted molar refractivity (Wildman–Crippen MR) is 80.0 cm³/mol. The minimum absolute atomic E-state index is 0.454. The van der Waals surface area contributed by atoms with Crippen molar-refractivity contribution >= 4 is 22.5 Å². The fourth-order valence-electron chi connectivity index (χ4n) is 2.94. The topological polar surface area (TPSA) is 87.3 Å². The first-order valence-corrected chi connectivity index (χ1v) is 7.07. The van der Waals surface area contributed by atoms with Crippen molar-refractivity contribution in [2.75, 3.05) is 30.7 Å². The molecule has 0 saturated carbocycles. The Morgan fingerprint density at radius 3 is 3.20 bits per heavy atom. The number of H-pyrrole nitrogens is 1. The average Bonchev–Trinajstić information content (AvgIpc) is 3.00. The maximum Gasteiger partial charge on any atom is 0.417 e. The summed E-state index contributed by atoms with van der Waals surface area (Å²) in [5.74, 6) is -0.454. The van der Waals surface area contributed by atoms with Gasteiger partial charge in [0.15, 0.2) is 5.58 Å². The Hall–Kier alpha value is -1.95. The van der Waals surface area contributed by atoms with Crippen molar-refractivity contribution in [2.45, 2.75) is 25.8 Å². The number of benzene rings is 1. The fourth-order valence-corrected chi connectivity index (χ4v) is 2.94. The number of nitrogens with zero attached hydrogens (tertiary/aromatic N) is 1. The van der Waals surface area contributed by atoms with Crippen LogP contribution in [0.4, 0.5) is 11.4 Å². The molecule has 0 bridgehead atoms. The number of likely N-dealkylation sites (tertiary alicyclic amines) is 1. The van der Waals surface area contributed by atoms with Crippen LogP contribution in [0, 0.1) is 0 Å². The van der Waals surface area contributed by atoms with E-state index in [1.165, 1.54) is 19.4 Å². The first kappa shape index (κ1) is 13.1. The first-order chi connectivity index (χ1) is 9.67. The summed E-state index contributed by atoms with van der Waals surface area (Å²) in [4.78, 5) is 16.3. The average molecular weight is 276 g/mol. The van der Waals surface area contributed by atoms with Crippen molar-refractivity contribution in [3.05, 3.63) is 22.7 Å². The van der Waals surface area contributed by atoms with Crippen LogP contribution in [0.25, 0.3) is 11.1 Å². The maximum atomic E-state index is 11.2. The Bertz CT molecular complexity index is 661. The van der Waals surface area contributed by atoms with Gasteiger partial charge in [0.05, 0.1) is 16.9 Å². The van der Waals surface area contributed by atoms with Crippen LogP contribution in [0.1, 0.15) is 19.8 Å². The molecule has 6 heteroatoms. The Morgan fingerprint density at radius 1 is 1.55 bits per heavy atom. The van der Waals surface area contributed by atoms with Crippen molar-refractivity contribution in [3.8, 4) is 0 Å². The number of aromatic amines is 1. The Balaban J connectivity index is 1.76. The Labute approximate surface area is 116 Å². The monoisotopic (exact) mass is 276 g/mol. The molecule has 1 fully saturated rings. The molecule has 6 nitrogen and oxygen atoms in total. The standard InChI is InChI=1S/C14H20N4O2/c1-2-18-5-3-4-9(18)8-16-11-7-12-13(6-10(11)15)20-14(19)17-12/h6-7,9,16H,2-5,8,15H2,1H3,(H,17,19). The molecule has 108 valence electrons. The van der Waals surface area contributed by atoms with Gasteiger partial charge in [-0.1, -0.05) is 6.92 Å². The number of anilines is 2. The molecule has 1 unspecified atom stereocenters. The summed E-state index contributed by atoms with van der Waals surface area (Å²) < 4.78 is 4.99. The molecule has 1 aromatic heterocycles. The lowest BCUT2D eigenvalue weighted by Gasteiger charge is -2.23. The molecule has 4 N–H and O–H groups in total. The van der Waals surface area contributed by atoms with Crippen LogP contribution in [0.3, 0.4) is 0 Å². The highest BCUT2D eigenvalue weighted by atomic mass is 16.4. The number of likely N-dealkylation sites (N-methyl/N-ethyl adjacent to an activating group) is 1. The maximum absolute atomic E-state index is 11.2. The van der Waals surface area contributed by atoms with Crippen LogP contribution in [0.15, 0.2) is 21.3 Å². The zero-order valence-corrected chi connectivity index (χ0v) is 11.6. The second-order valence-electron chi connectivity index (χ2n) is 5.26. The second kappa shape index (κ2) is 5.20. The molecule has 1 aliphatic rings. The third-order valence-electron chi connectivity index (χ3n) is 4.02. The summed E-state index contributed by atoms with van der Waals surface area (Å²) in [7, 11) is 0. The first-order valence-electron chi connectivity index (χ1n) is 7.07. The summed E-state index contributed by atoms with van der Waals surface area (Å²) >= 11 is 0. The molecule has 0 aliphatic carbocycles. The van der Waals surface area contributed by atoms with Crippen LogP contribution < -0.4 is 16.8 Å². The number of rotatable bonds is 4. The van der Waals surface area contributed by atoms with Crippen LogP contribution in [-0.4, -0.2) is 35.6 Å². The van der Waals surface area contributed by atoms with Gasteiger partial charge < -0.3 is 15.5 Å². The van der Waals surface area contributed by atoms with Crippen LogP contribution >= 0.6 is 0 Å². The summed E-state index contributed by atoms with van der Waals surface area (Å²) in [6.45, 7) is 5.31. The Kier molecular flexibility index (Phi) is 3.40. The summed E-state index contributed by atoms with van der Waals surface area (Å²) in [6.07, 6.45) is 2.47. The highest BCUT2D eigenvalue weighted by molar-refractivity contribution is 5.85. The molecule has 3 rings (SSSR count). The van der Waals surface area contributed by atoms with Crippen molar-refractivity contribution in [2.24, 2.45) is 0 Å². The minimum atomic E-state index is -0.454. The van der Waals surface area contributed by atoms with Gasteiger partial charge in [0.25, 0.3) is 0 Å². The molecule has 1 aliphatic heterocycles. The minimum Gasteiger partial charge on any atom is -0.408 e. The molecule has 20 heavy (non-hydrogen) atoms. The number of oxazole rings is 1. The lowest BCUT2D eigenvalue weighted by atomic mass is 10.2. The van der Waals surface area contributed by atoms with Gasteiger partial charge in [-0.15, -0.1) is 0 Å². The molecule has 1 saturated heterocycles. The van der Waals surface area contributed by atoms with Crippen LogP contribution in [-0.2, 0) is 0 Å². The van der Waals surface area contributed by atoms with E-state index in [0.717, 1.165) is 18.8 Å². The summed E-state index contributed by atoms with van der Waals surface area (Å²) in [5.41, 5.74) is 8.61. The number of hydrogen-bond acceptors (Lipinski definition) is 5. The lowest BCUT2D eigenvalue weighted by Crippen LogP contribution is -2.34. The van der Waals surface area contributed by atoms with Gasteiger partial charge in [-0.25, -0.2) is 4.79 Å². The van der Waals surface area contributed by atoms with E-state index in [-0.39, 0.29) is 0 Å². The van der Waals surface area contributed by atoms with Crippen LogP contribution in [0.5, 0.6) is 0 Å². The normalized spacial score (nSPS) is 19.8. The SMILES string of the molecule is CCN1CCCC1CNc1cc2[nH]c(=O)oc2cc1N. The van der Waals surface area contributed by atoms with E-state index >= 15 is 0 Å². The van der Waals surface area contributed by atoms with Gasteiger partial charge in [0, 0.05) is 18.7 Å². The molecule has 1 aromatic carbocycles. The third-order valence-corrected chi connectivity index (χ3v) is 4.02. The summed E-state index contributed by atoms with van der Waals surface area (Å²) in [5, 5.41) is 3.39. The zero-order valence-electron chi connectivity index (χ0n) is 11.6. The van der Waals surface area contributed by atoms with Gasteiger partial charge in [-0.2, -0.15) is 0 Å². The van der Waals surface area contributed by atoms with E-state index in [9.17, 15) is 4.79 Å².